The van der Waals surface area contributed by atoms with Crippen LogP contribution in [0.3, 0.4) is 0 Å². The van der Waals surface area contributed by atoms with E-state index in [-0.39, 0.29) is 0 Å². The average Bonchev–Trinajstić information content (AvgIpc) is 2.15. The van der Waals surface area contributed by atoms with Crippen molar-refractivity contribution in [2.24, 2.45) is 5.92 Å². The lowest BCUT2D eigenvalue weighted by molar-refractivity contribution is 0.327. The number of rotatable bonds is 4. The maximum atomic E-state index is 2.39. The highest BCUT2D eigenvalue weighted by Gasteiger charge is 2.10. The largest absolute Gasteiger partial charge is 0.378 e. The van der Waals surface area contributed by atoms with Crippen molar-refractivity contribution in [1.82, 2.24) is 4.90 Å². The van der Waals surface area contributed by atoms with Gasteiger partial charge in [0.25, 0.3) is 0 Å². The zero-order chi connectivity index (χ0) is 8.81. The summed E-state index contributed by atoms with van der Waals surface area (Å²) in [5.74, 6) is 0.868. The zero-order valence-electron chi connectivity index (χ0n) is 8.42. The molecule has 1 aliphatic heterocycles. The van der Waals surface area contributed by atoms with Crippen LogP contribution in [0.4, 0.5) is 0 Å². The van der Waals surface area contributed by atoms with E-state index in [2.05, 4.69) is 31.0 Å². The van der Waals surface area contributed by atoms with Crippen LogP contribution in [0.15, 0.2) is 12.3 Å². The highest BCUT2D eigenvalue weighted by molar-refractivity contribution is 4.93. The van der Waals surface area contributed by atoms with Crippen molar-refractivity contribution in [3.05, 3.63) is 12.3 Å². The van der Waals surface area contributed by atoms with E-state index in [4.69, 9.17) is 0 Å². The molecule has 0 aromatic heterocycles. The Morgan fingerprint density at radius 2 is 2.25 bits per heavy atom. The lowest BCUT2D eigenvalue weighted by Gasteiger charge is -2.26. The topological polar surface area (TPSA) is 3.24 Å². The van der Waals surface area contributed by atoms with Crippen LogP contribution in [-0.2, 0) is 0 Å². The molecule has 0 aliphatic carbocycles. The van der Waals surface area contributed by atoms with Gasteiger partial charge >= 0.3 is 0 Å². The minimum absolute atomic E-state index is 0.868. The van der Waals surface area contributed by atoms with Gasteiger partial charge in [0.1, 0.15) is 0 Å². The molecule has 1 aliphatic rings. The molecular weight excluding hydrogens is 146 g/mol. The summed E-state index contributed by atoms with van der Waals surface area (Å²) in [6.07, 6.45) is 10.2. The number of nitrogens with zero attached hydrogens (tertiary/aromatic N) is 1. The van der Waals surface area contributed by atoms with Crippen LogP contribution in [0, 0.1) is 5.92 Å². The molecule has 0 spiro atoms. The molecule has 1 heterocycles. The first kappa shape index (κ1) is 9.63. The number of unbranched alkanes of at least 4 members (excludes halogenated alkanes) is 1. The molecule has 1 unspecified atom stereocenters. The highest BCUT2D eigenvalue weighted by atomic mass is 15.1. The van der Waals surface area contributed by atoms with E-state index in [1.807, 2.05) is 0 Å². The first-order valence-corrected chi connectivity index (χ1v) is 5.29. The molecule has 70 valence electrons. The van der Waals surface area contributed by atoms with Crippen molar-refractivity contribution >= 4 is 0 Å². The van der Waals surface area contributed by atoms with Crippen molar-refractivity contribution in [2.45, 2.75) is 39.5 Å². The van der Waals surface area contributed by atoms with Gasteiger partial charge in [-0.2, -0.15) is 0 Å². The van der Waals surface area contributed by atoms with Gasteiger partial charge in [0, 0.05) is 13.1 Å². The van der Waals surface area contributed by atoms with Crippen molar-refractivity contribution in [1.29, 1.82) is 0 Å². The predicted molar refractivity (Wildman–Crippen MR) is 54.0 cm³/mol. The summed E-state index contributed by atoms with van der Waals surface area (Å²) in [6, 6.07) is 0. The average molecular weight is 167 g/mol. The molecule has 0 aromatic rings. The van der Waals surface area contributed by atoms with Crippen molar-refractivity contribution in [2.75, 3.05) is 13.1 Å². The predicted octanol–water partition coefficient (Wildman–Crippen LogP) is 3.03. The standard InChI is InChI=1S/C11H21N/c1-3-5-6-11-7-9-12(4-2)10-8-11/h7,9,11H,3-6,8,10H2,1-2H3. The Kier molecular flexibility index (Phi) is 4.20. The third-order valence-electron chi connectivity index (χ3n) is 2.69. The Morgan fingerprint density at radius 1 is 1.42 bits per heavy atom. The summed E-state index contributed by atoms with van der Waals surface area (Å²) in [6.45, 7) is 6.92. The highest BCUT2D eigenvalue weighted by Crippen LogP contribution is 2.19. The minimum Gasteiger partial charge on any atom is -0.378 e. The number of hydrogen-bond acceptors (Lipinski definition) is 1. The van der Waals surface area contributed by atoms with Gasteiger partial charge in [-0.15, -0.1) is 0 Å². The van der Waals surface area contributed by atoms with E-state index in [0.29, 0.717) is 0 Å². The Bertz CT molecular complexity index is 140. The molecule has 12 heavy (non-hydrogen) atoms. The van der Waals surface area contributed by atoms with Crippen molar-refractivity contribution in [3.8, 4) is 0 Å². The van der Waals surface area contributed by atoms with Crippen LogP contribution in [0.5, 0.6) is 0 Å². The molecule has 1 rings (SSSR count). The van der Waals surface area contributed by atoms with Crippen LogP contribution in [0.1, 0.15) is 39.5 Å². The van der Waals surface area contributed by atoms with Crippen molar-refractivity contribution < 1.29 is 0 Å². The van der Waals surface area contributed by atoms with E-state index in [9.17, 15) is 0 Å². The van der Waals surface area contributed by atoms with Gasteiger partial charge in [-0.05, 0) is 31.9 Å². The molecule has 1 heteroatoms. The van der Waals surface area contributed by atoms with Crippen LogP contribution in [0.25, 0.3) is 0 Å². The third-order valence-corrected chi connectivity index (χ3v) is 2.69. The summed E-state index contributed by atoms with van der Waals surface area (Å²) >= 11 is 0. The lowest BCUT2D eigenvalue weighted by atomic mass is 9.96. The fraction of sp³-hybridized carbons (Fsp3) is 0.818. The molecule has 0 fully saturated rings. The fourth-order valence-electron chi connectivity index (χ4n) is 1.72. The first-order chi connectivity index (χ1) is 5.86. The summed E-state index contributed by atoms with van der Waals surface area (Å²) in [5, 5.41) is 0. The molecular formula is C11H21N. The van der Waals surface area contributed by atoms with Gasteiger partial charge in [-0.25, -0.2) is 0 Å². The van der Waals surface area contributed by atoms with E-state index >= 15 is 0 Å². The maximum Gasteiger partial charge on any atom is 0.0177 e. The molecule has 0 N–H and O–H groups in total. The second kappa shape index (κ2) is 5.23. The summed E-state index contributed by atoms with van der Waals surface area (Å²) in [4.78, 5) is 2.39. The Labute approximate surface area is 76.5 Å². The van der Waals surface area contributed by atoms with Crippen LogP contribution in [-0.4, -0.2) is 18.0 Å². The molecule has 0 aromatic carbocycles. The maximum absolute atomic E-state index is 2.39. The molecule has 1 nitrogen and oxygen atoms in total. The van der Waals surface area contributed by atoms with Gasteiger partial charge in [-0.1, -0.05) is 25.8 Å². The monoisotopic (exact) mass is 167 g/mol. The quantitative estimate of drug-likeness (QED) is 0.622. The SMILES string of the molecule is CCCCC1C=CN(CC)CC1. The second-order valence-electron chi connectivity index (χ2n) is 3.66. The number of hydrogen-bond donors (Lipinski definition) is 0. The molecule has 0 amide bonds. The lowest BCUT2D eigenvalue weighted by Crippen LogP contribution is -2.24. The van der Waals surface area contributed by atoms with E-state index in [1.54, 1.807) is 0 Å². The van der Waals surface area contributed by atoms with E-state index in [0.717, 1.165) is 12.5 Å². The smallest absolute Gasteiger partial charge is 0.0177 e. The molecule has 0 saturated heterocycles. The van der Waals surface area contributed by atoms with Crippen LogP contribution < -0.4 is 0 Å². The molecule has 0 radical (unpaired) electrons. The summed E-state index contributed by atoms with van der Waals surface area (Å²) in [5.41, 5.74) is 0. The number of allylic oxidation sites excluding steroid dienone is 1. The van der Waals surface area contributed by atoms with Gasteiger partial charge < -0.3 is 4.90 Å². The van der Waals surface area contributed by atoms with Gasteiger partial charge in [0.15, 0.2) is 0 Å². The second-order valence-corrected chi connectivity index (χ2v) is 3.66. The first-order valence-electron chi connectivity index (χ1n) is 5.29. The van der Waals surface area contributed by atoms with E-state index in [1.165, 1.54) is 32.2 Å². The minimum atomic E-state index is 0.868. The molecule has 0 bridgehead atoms. The van der Waals surface area contributed by atoms with Crippen molar-refractivity contribution in [3.63, 3.8) is 0 Å². The Balaban J connectivity index is 2.23. The Hall–Kier alpha value is -0.460. The van der Waals surface area contributed by atoms with E-state index < -0.39 is 0 Å². The summed E-state index contributed by atoms with van der Waals surface area (Å²) < 4.78 is 0. The van der Waals surface area contributed by atoms with Crippen LogP contribution >= 0.6 is 0 Å². The van der Waals surface area contributed by atoms with Gasteiger partial charge in [-0.3, -0.25) is 0 Å². The zero-order valence-corrected chi connectivity index (χ0v) is 8.42. The molecule has 1 atom stereocenters. The third kappa shape index (κ3) is 2.88. The van der Waals surface area contributed by atoms with Gasteiger partial charge in [0.2, 0.25) is 0 Å². The Morgan fingerprint density at radius 3 is 2.75 bits per heavy atom. The molecule has 0 saturated carbocycles. The van der Waals surface area contributed by atoms with Crippen LogP contribution in [0.2, 0.25) is 0 Å². The summed E-state index contributed by atoms with van der Waals surface area (Å²) in [7, 11) is 0. The fourth-order valence-corrected chi connectivity index (χ4v) is 1.72. The normalized spacial score (nSPS) is 23.2. The van der Waals surface area contributed by atoms with Gasteiger partial charge in [0.05, 0.1) is 0 Å².